The molecule has 0 bridgehead atoms. The molecule has 0 aliphatic carbocycles. The summed E-state index contributed by atoms with van der Waals surface area (Å²) >= 11 is 0. The van der Waals surface area contributed by atoms with Gasteiger partial charge in [0.1, 0.15) is 17.3 Å². The zero-order valence-electron chi connectivity index (χ0n) is 12.5. The maximum absolute atomic E-state index is 13.7. The molecule has 2 aromatic rings. The quantitative estimate of drug-likeness (QED) is 0.863. The number of methoxy groups -OCH3 is 1. The Bertz CT molecular complexity index is 779. The number of hydrogen-bond donors (Lipinski definition) is 1. The van der Waals surface area contributed by atoms with Crippen LogP contribution in [0, 0.1) is 5.82 Å². The molecule has 0 saturated heterocycles. The molecular formula is C17H15FN2O3. The first-order valence-corrected chi connectivity index (χ1v) is 7.12. The molecule has 1 aromatic carbocycles. The largest absolute Gasteiger partial charge is 0.494 e. The maximum atomic E-state index is 13.7. The Hall–Kier alpha value is -2.89. The summed E-state index contributed by atoms with van der Waals surface area (Å²) in [6.45, 7) is 0. The summed E-state index contributed by atoms with van der Waals surface area (Å²) in [7, 11) is 1.40. The zero-order valence-corrected chi connectivity index (χ0v) is 12.5. The van der Waals surface area contributed by atoms with Gasteiger partial charge in [0.2, 0.25) is 0 Å². The predicted octanol–water partition coefficient (Wildman–Crippen LogP) is 2.93. The Labute approximate surface area is 132 Å². The number of amidine groups is 1. The smallest absolute Gasteiger partial charge is 0.275 e. The second kappa shape index (κ2) is 6.48. The summed E-state index contributed by atoms with van der Waals surface area (Å²) in [5, 5.41) is 2.71. The van der Waals surface area contributed by atoms with Crippen LogP contribution in [0.1, 0.15) is 17.7 Å². The fourth-order valence-electron chi connectivity index (χ4n) is 2.26. The molecule has 0 spiro atoms. The van der Waals surface area contributed by atoms with Gasteiger partial charge in [0, 0.05) is 12.8 Å². The first kappa shape index (κ1) is 15.0. The number of carbonyl (C=O) groups excluding carboxylic acids is 1. The Morgan fingerprint density at radius 1 is 1.35 bits per heavy atom. The summed E-state index contributed by atoms with van der Waals surface area (Å²) in [5.74, 6) is 0.784. The number of hydrogen-bond acceptors (Lipinski definition) is 4. The first-order valence-electron chi connectivity index (χ1n) is 7.12. The molecule has 1 N–H and O–H groups in total. The lowest BCUT2D eigenvalue weighted by Gasteiger charge is -2.02. The van der Waals surface area contributed by atoms with Crippen LogP contribution in [-0.2, 0) is 11.2 Å². The molecule has 0 atom stereocenters. The van der Waals surface area contributed by atoms with Crippen molar-refractivity contribution in [1.29, 1.82) is 0 Å². The van der Waals surface area contributed by atoms with Crippen molar-refractivity contribution in [2.45, 2.75) is 12.8 Å². The molecule has 0 fully saturated rings. The van der Waals surface area contributed by atoms with E-state index in [9.17, 15) is 9.18 Å². The standard InChI is InChI=1S/C17H15FN2O3/c1-22-15-6-4-11(9-13(15)18)10-14-17(21)20-16(19-14)7-5-12-3-2-8-23-12/h2-4,6,8-10H,5,7H2,1H3,(H,19,20,21)/b14-10+. The van der Waals surface area contributed by atoms with E-state index in [1.54, 1.807) is 12.3 Å². The van der Waals surface area contributed by atoms with Crippen LogP contribution >= 0.6 is 0 Å². The maximum Gasteiger partial charge on any atom is 0.275 e. The van der Waals surface area contributed by atoms with Crippen LogP contribution in [-0.4, -0.2) is 18.9 Å². The minimum Gasteiger partial charge on any atom is -0.494 e. The summed E-state index contributed by atoms with van der Waals surface area (Å²) in [6.07, 6.45) is 4.36. The molecule has 6 heteroatoms. The lowest BCUT2D eigenvalue weighted by Crippen LogP contribution is -2.24. The van der Waals surface area contributed by atoms with Crippen LogP contribution in [0.2, 0.25) is 0 Å². The number of rotatable bonds is 5. The average Bonchev–Trinajstić information content (AvgIpc) is 3.16. The fourth-order valence-corrected chi connectivity index (χ4v) is 2.26. The number of carbonyl (C=O) groups is 1. The van der Waals surface area contributed by atoms with Crippen LogP contribution in [0.15, 0.2) is 51.7 Å². The number of furan rings is 1. The molecule has 1 aromatic heterocycles. The van der Waals surface area contributed by atoms with Crippen molar-refractivity contribution < 1.29 is 18.3 Å². The number of aliphatic imine (C=N–C) groups is 1. The number of benzene rings is 1. The van der Waals surface area contributed by atoms with Gasteiger partial charge in [0.25, 0.3) is 5.91 Å². The molecule has 1 aliphatic rings. The second-order valence-electron chi connectivity index (χ2n) is 5.02. The van der Waals surface area contributed by atoms with E-state index in [0.717, 1.165) is 5.76 Å². The lowest BCUT2D eigenvalue weighted by molar-refractivity contribution is -0.115. The van der Waals surface area contributed by atoms with E-state index in [1.807, 2.05) is 12.1 Å². The number of halogens is 1. The van der Waals surface area contributed by atoms with Crippen molar-refractivity contribution in [2.75, 3.05) is 7.11 Å². The van der Waals surface area contributed by atoms with E-state index in [1.165, 1.54) is 25.3 Å². The first-order chi connectivity index (χ1) is 11.2. The number of nitrogens with one attached hydrogen (secondary N) is 1. The van der Waals surface area contributed by atoms with Crippen molar-refractivity contribution in [3.63, 3.8) is 0 Å². The SMILES string of the molecule is COc1ccc(/C=C2/N=C(CCc3ccco3)NC2=O)cc1F. The fraction of sp³-hybridized carbons (Fsp3) is 0.176. The van der Waals surface area contributed by atoms with Crippen LogP contribution in [0.25, 0.3) is 6.08 Å². The van der Waals surface area contributed by atoms with E-state index >= 15 is 0 Å². The molecule has 0 saturated carbocycles. The average molecular weight is 314 g/mol. The molecule has 5 nitrogen and oxygen atoms in total. The van der Waals surface area contributed by atoms with Gasteiger partial charge in [-0.05, 0) is 35.9 Å². The Morgan fingerprint density at radius 3 is 2.91 bits per heavy atom. The van der Waals surface area contributed by atoms with Crippen molar-refractivity contribution in [2.24, 2.45) is 4.99 Å². The van der Waals surface area contributed by atoms with Gasteiger partial charge in [0.15, 0.2) is 11.6 Å². The van der Waals surface area contributed by atoms with Gasteiger partial charge >= 0.3 is 0 Å². The number of nitrogens with zero attached hydrogens (tertiary/aromatic N) is 1. The number of ether oxygens (including phenoxy) is 1. The van der Waals surface area contributed by atoms with Gasteiger partial charge in [0.05, 0.1) is 13.4 Å². The van der Waals surface area contributed by atoms with Crippen LogP contribution in [0.5, 0.6) is 5.75 Å². The van der Waals surface area contributed by atoms with E-state index in [-0.39, 0.29) is 17.4 Å². The third kappa shape index (κ3) is 3.48. The van der Waals surface area contributed by atoms with E-state index in [2.05, 4.69) is 10.3 Å². The summed E-state index contributed by atoms with van der Waals surface area (Å²) in [4.78, 5) is 16.2. The van der Waals surface area contributed by atoms with Crippen LogP contribution < -0.4 is 10.1 Å². The Morgan fingerprint density at radius 2 is 2.22 bits per heavy atom. The number of amides is 1. The van der Waals surface area contributed by atoms with Gasteiger partial charge in [-0.15, -0.1) is 0 Å². The third-order valence-corrected chi connectivity index (χ3v) is 3.41. The van der Waals surface area contributed by atoms with Crippen molar-refractivity contribution in [1.82, 2.24) is 5.32 Å². The molecular weight excluding hydrogens is 299 g/mol. The van der Waals surface area contributed by atoms with Crippen LogP contribution in [0.3, 0.4) is 0 Å². The van der Waals surface area contributed by atoms with Gasteiger partial charge < -0.3 is 14.5 Å². The predicted molar refractivity (Wildman–Crippen MR) is 83.5 cm³/mol. The summed E-state index contributed by atoms with van der Waals surface area (Å²) in [5.41, 5.74) is 0.800. The molecule has 23 heavy (non-hydrogen) atoms. The topological polar surface area (TPSA) is 63.8 Å². The zero-order chi connectivity index (χ0) is 16.2. The van der Waals surface area contributed by atoms with Crippen molar-refractivity contribution in [3.05, 3.63) is 59.4 Å². The minimum atomic E-state index is -0.484. The van der Waals surface area contributed by atoms with Crippen molar-refractivity contribution >= 4 is 17.8 Å². The molecule has 3 rings (SSSR count). The van der Waals surface area contributed by atoms with Gasteiger partial charge in [-0.2, -0.15) is 0 Å². The molecule has 2 heterocycles. The van der Waals surface area contributed by atoms with Gasteiger partial charge in [-0.25, -0.2) is 9.38 Å². The molecule has 0 radical (unpaired) electrons. The summed E-state index contributed by atoms with van der Waals surface area (Å²) < 4.78 is 23.8. The number of aryl methyl sites for hydroxylation is 1. The molecule has 1 aliphatic heterocycles. The lowest BCUT2D eigenvalue weighted by atomic mass is 10.2. The highest BCUT2D eigenvalue weighted by molar-refractivity contribution is 6.14. The van der Waals surface area contributed by atoms with Crippen LogP contribution in [0.4, 0.5) is 4.39 Å². The molecule has 1 amide bonds. The second-order valence-corrected chi connectivity index (χ2v) is 5.02. The van der Waals surface area contributed by atoms with E-state index < -0.39 is 5.82 Å². The normalized spacial score (nSPS) is 15.7. The Kier molecular flexibility index (Phi) is 4.23. The monoisotopic (exact) mass is 314 g/mol. The molecule has 118 valence electrons. The van der Waals surface area contributed by atoms with E-state index in [0.29, 0.717) is 24.2 Å². The highest BCUT2D eigenvalue weighted by Crippen LogP contribution is 2.20. The van der Waals surface area contributed by atoms with Gasteiger partial charge in [-0.3, -0.25) is 4.79 Å². The van der Waals surface area contributed by atoms with Crippen molar-refractivity contribution in [3.8, 4) is 5.75 Å². The van der Waals surface area contributed by atoms with Gasteiger partial charge in [-0.1, -0.05) is 6.07 Å². The van der Waals surface area contributed by atoms with E-state index in [4.69, 9.17) is 9.15 Å². The highest BCUT2D eigenvalue weighted by atomic mass is 19.1. The third-order valence-electron chi connectivity index (χ3n) is 3.41. The Balaban J connectivity index is 1.73. The minimum absolute atomic E-state index is 0.158. The molecule has 0 unspecified atom stereocenters. The highest BCUT2D eigenvalue weighted by Gasteiger charge is 2.20. The summed E-state index contributed by atoms with van der Waals surface area (Å²) in [6, 6.07) is 8.16.